The maximum atomic E-state index is 17.4. The molecule has 2 unspecified atom stereocenters. The molecule has 4 atom stereocenters. The highest BCUT2D eigenvalue weighted by Crippen LogP contribution is 2.40. The number of imide groups is 1. The van der Waals surface area contributed by atoms with Crippen molar-refractivity contribution in [1.29, 1.82) is 0 Å². The second kappa shape index (κ2) is 18.3. The van der Waals surface area contributed by atoms with Gasteiger partial charge in [0.05, 0.1) is 5.39 Å². The lowest BCUT2D eigenvalue weighted by atomic mass is 9.92. The number of anilines is 3. The predicted octanol–water partition coefficient (Wildman–Crippen LogP) is 5.85. The first kappa shape index (κ1) is 45.2. The van der Waals surface area contributed by atoms with Crippen LogP contribution in [0.5, 0.6) is 5.75 Å². The molecule has 3 N–H and O–H groups in total. The van der Waals surface area contributed by atoms with E-state index >= 15 is 4.39 Å². The van der Waals surface area contributed by atoms with Gasteiger partial charge in [-0.2, -0.15) is 4.98 Å². The number of nitrogens with one attached hydrogen (secondary N) is 2. The summed E-state index contributed by atoms with van der Waals surface area (Å²) in [7, 11) is 0. The van der Waals surface area contributed by atoms with Crippen LogP contribution in [-0.4, -0.2) is 148 Å². The summed E-state index contributed by atoms with van der Waals surface area (Å²) in [6.45, 7) is 14.1. The number of aromatic hydroxyl groups is 1. The Kier molecular flexibility index (Phi) is 11.8. The van der Waals surface area contributed by atoms with Gasteiger partial charge < -0.3 is 34.9 Å². The van der Waals surface area contributed by atoms with E-state index < -0.39 is 11.9 Å². The number of carbonyl (C=O) groups is 3. The molecule has 3 aromatic carbocycles. The number of pyridine rings is 1. The number of halogens is 1. The molecule has 0 spiro atoms. The van der Waals surface area contributed by atoms with Crippen molar-refractivity contribution in [3.05, 3.63) is 77.2 Å². The fourth-order valence-corrected chi connectivity index (χ4v) is 13.1. The van der Waals surface area contributed by atoms with Gasteiger partial charge in [0.15, 0.2) is 5.82 Å². The largest absolute Gasteiger partial charge is 0.508 e. The van der Waals surface area contributed by atoms with E-state index in [1.807, 2.05) is 18.2 Å². The van der Waals surface area contributed by atoms with Crippen LogP contribution < -0.4 is 25.3 Å². The molecule has 9 heterocycles. The molecule has 70 heavy (non-hydrogen) atoms. The molecule has 0 aliphatic carbocycles. The molecule has 6 saturated heterocycles. The lowest BCUT2D eigenvalue weighted by Gasteiger charge is -2.44. The van der Waals surface area contributed by atoms with Crippen molar-refractivity contribution in [2.24, 2.45) is 5.92 Å². The minimum atomic E-state index is -0.602. The molecule has 366 valence electrons. The van der Waals surface area contributed by atoms with Gasteiger partial charge in [-0.05, 0) is 130 Å². The van der Waals surface area contributed by atoms with Crippen molar-refractivity contribution in [3.63, 3.8) is 0 Å². The first-order valence-corrected chi connectivity index (χ1v) is 25.9. The number of carbonyl (C=O) groups excluding carboxylic acids is 3. The predicted molar refractivity (Wildman–Crippen MR) is 269 cm³/mol. The van der Waals surface area contributed by atoms with Crippen LogP contribution in [0.25, 0.3) is 32.9 Å². The molecule has 3 amide bonds. The average Bonchev–Trinajstić information content (AvgIpc) is 3.89. The zero-order valence-corrected chi connectivity index (χ0v) is 40.4. The summed E-state index contributed by atoms with van der Waals surface area (Å²) in [5.74, 6) is 0.754. The monoisotopic (exact) mass is 950 g/mol. The number of likely N-dealkylation sites (tertiary alicyclic amines) is 1. The number of amides is 3. The van der Waals surface area contributed by atoms with Gasteiger partial charge in [-0.1, -0.05) is 25.1 Å². The SMILES string of the molecule is CCc1cccc2cc(O)cc(-c3ncc4c(N5CC6CCC(C5)N6)nc(N5CCN(CC6CCN(C7CCN(c8ccc9c(c8)CN([C@H]8CCC(=O)NC8=O)C9=O)CC7)CC6)C[C@@H]5C)nc4c3F)c12. The maximum Gasteiger partial charge on any atom is 0.255 e. The molecule has 5 aromatic rings. The first-order chi connectivity index (χ1) is 34.0. The van der Waals surface area contributed by atoms with Gasteiger partial charge in [0.1, 0.15) is 28.8 Å². The van der Waals surface area contributed by atoms with Gasteiger partial charge in [0.2, 0.25) is 17.8 Å². The number of nitrogens with zero attached hydrogens (tertiary/aromatic N) is 9. The van der Waals surface area contributed by atoms with Gasteiger partial charge >= 0.3 is 0 Å². The number of fused-ring (bicyclic) bond motifs is 5. The Hall–Kier alpha value is -5.97. The normalized spacial score (nSPS) is 25.2. The zero-order chi connectivity index (χ0) is 47.8. The molecule has 2 aromatic heterocycles. The zero-order valence-electron chi connectivity index (χ0n) is 40.4. The Bertz CT molecular complexity index is 2870. The molecule has 7 aliphatic heterocycles. The van der Waals surface area contributed by atoms with Crippen LogP contribution in [0, 0.1) is 11.7 Å². The smallest absolute Gasteiger partial charge is 0.255 e. The highest BCUT2D eigenvalue weighted by molar-refractivity contribution is 6.06. The van der Waals surface area contributed by atoms with Gasteiger partial charge in [-0.3, -0.25) is 29.6 Å². The summed E-state index contributed by atoms with van der Waals surface area (Å²) >= 11 is 0. The van der Waals surface area contributed by atoms with Crippen molar-refractivity contribution in [3.8, 4) is 17.0 Å². The van der Waals surface area contributed by atoms with Crippen LogP contribution in [0.4, 0.5) is 21.8 Å². The summed E-state index contributed by atoms with van der Waals surface area (Å²) in [4.78, 5) is 66.7. The highest BCUT2D eigenvalue weighted by Gasteiger charge is 2.40. The Morgan fingerprint density at radius 1 is 0.814 bits per heavy atom. The molecular weight excluding hydrogens is 886 g/mol. The summed E-state index contributed by atoms with van der Waals surface area (Å²) in [6, 6.07) is 16.3. The van der Waals surface area contributed by atoms with Crippen LogP contribution in [-0.2, 0) is 22.6 Å². The molecular formula is C54H64FN11O4. The number of aromatic nitrogens is 3. The Morgan fingerprint density at radius 3 is 2.37 bits per heavy atom. The summed E-state index contributed by atoms with van der Waals surface area (Å²) < 4.78 is 17.4. The van der Waals surface area contributed by atoms with Gasteiger partial charge in [0.25, 0.3) is 5.91 Å². The summed E-state index contributed by atoms with van der Waals surface area (Å²) in [5.41, 5.74) is 4.84. The van der Waals surface area contributed by atoms with E-state index in [4.69, 9.17) is 15.0 Å². The molecule has 0 saturated carbocycles. The van der Waals surface area contributed by atoms with Crippen LogP contribution in [0.15, 0.2) is 54.7 Å². The standard InChI is InChI=1S/C54H64FN11O4/c1-3-34-5-4-6-35-24-41(67)25-43(47(34)35)49-48(55)50-44(26-56-49)51(64-30-37-7-8-38(31-64)57-37)60-54(59-50)65-22-21-61(27-32(65)2)28-33-13-17-62(18-14-33)39-15-19-63(20-16-39)40-9-10-42-36(23-40)29-66(53(42)70)45-11-12-46(68)58-52(45)69/h4-6,9-10,23-26,32-33,37-39,45,57,67H,3,7-8,11-22,27-31H2,1-2H3,(H,58,68,69)/t32-,37?,38?,45-/m0/s1. The van der Waals surface area contributed by atoms with Crippen LogP contribution in [0.3, 0.4) is 0 Å². The summed E-state index contributed by atoms with van der Waals surface area (Å²) in [6.07, 6.45) is 9.95. The van der Waals surface area contributed by atoms with E-state index in [-0.39, 0.29) is 47.1 Å². The van der Waals surface area contributed by atoms with Crippen LogP contribution >= 0.6 is 0 Å². The van der Waals surface area contributed by atoms with E-state index in [0.717, 1.165) is 131 Å². The number of benzene rings is 3. The molecule has 7 aliphatic rings. The maximum absolute atomic E-state index is 17.4. The van der Waals surface area contributed by atoms with Crippen molar-refractivity contribution < 1.29 is 23.9 Å². The number of rotatable bonds is 9. The molecule has 16 heteroatoms. The van der Waals surface area contributed by atoms with E-state index in [2.05, 4.69) is 67.2 Å². The van der Waals surface area contributed by atoms with E-state index in [1.54, 1.807) is 23.2 Å². The lowest BCUT2D eigenvalue weighted by Crippen LogP contribution is -2.54. The topological polar surface area (TPSA) is 154 Å². The minimum absolute atomic E-state index is 0.0737. The number of piperazine rings is 2. The minimum Gasteiger partial charge on any atom is -0.508 e. The number of piperidine rings is 3. The number of phenols is 1. The van der Waals surface area contributed by atoms with Gasteiger partial charge in [-0.25, -0.2) is 9.37 Å². The Balaban J connectivity index is 0.691. The average molecular weight is 950 g/mol. The Morgan fingerprint density at radius 2 is 1.61 bits per heavy atom. The van der Waals surface area contributed by atoms with Crippen molar-refractivity contribution >= 4 is 56.9 Å². The highest BCUT2D eigenvalue weighted by atomic mass is 19.1. The molecule has 12 rings (SSSR count). The van der Waals surface area contributed by atoms with Crippen LogP contribution in [0.1, 0.15) is 86.7 Å². The third kappa shape index (κ3) is 8.28. The van der Waals surface area contributed by atoms with E-state index in [1.165, 1.54) is 12.8 Å². The third-order valence-electron chi connectivity index (χ3n) is 16.8. The fraction of sp³-hybridized carbons (Fsp3) is 0.519. The van der Waals surface area contributed by atoms with Crippen LogP contribution in [0.2, 0.25) is 0 Å². The van der Waals surface area contributed by atoms with E-state index in [0.29, 0.717) is 59.5 Å². The quantitative estimate of drug-likeness (QED) is 0.152. The molecule has 0 radical (unpaired) electrons. The second-order valence-electron chi connectivity index (χ2n) is 21.2. The lowest BCUT2D eigenvalue weighted by molar-refractivity contribution is -0.136. The van der Waals surface area contributed by atoms with Gasteiger partial charge in [0, 0.05) is 113 Å². The van der Waals surface area contributed by atoms with Crippen molar-refractivity contribution in [2.45, 2.75) is 108 Å². The van der Waals surface area contributed by atoms with Crippen molar-refractivity contribution in [1.82, 2.24) is 40.3 Å². The Labute approximate surface area is 408 Å². The number of aryl methyl sites for hydroxylation is 1. The fourth-order valence-electron chi connectivity index (χ4n) is 13.1. The number of hydrogen-bond donors (Lipinski definition) is 3. The van der Waals surface area contributed by atoms with E-state index in [9.17, 15) is 19.5 Å². The number of hydrogen-bond acceptors (Lipinski definition) is 13. The number of phenolic OH excluding ortho intramolecular Hbond substituents is 1. The molecule has 2 bridgehead atoms. The second-order valence-corrected chi connectivity index (χ2v) is 21.2. The third-order valence-corrected chi connectivity index (χ3v) is 16.8. The first-order valence-electron chi connectivity index (χ1n) is 25.9. The van der Waals surface area contributed by atoms with Gasteiger partial charge in [-0.15, -0.1) is 0 Å². The van der Waals surface area contributed by atoms with Crippen molar-refractivity contribution in [2.75, 3.05) is 80.1 Å². The molecule has 6 fully saturated rings. The molecule has 15 nitrogen and oxygen atoms in total. The summed E-state index contributed by atoms with van der Waals surface area (Å²) in [5, 5.41) is 19.3.